The van der Waals surface area contributed by atoms with Gasteiger partial charge >= 0.3 is 5.97 Å². The molecule has 2 aliphatic rings. The molecular weight excluding hydrogens is 460 g/mol. The number of hydrogen-bond acceptors (Lipinski definition) is 4. The SMILES string of the molecule is O=C(O)c1ccc2c(C3CCCCC3)c3n(c2c1)CCN(CCNCc1ccccn1)c1ccccc1-3. The number of rotatable bonds is 7. The van der Waals surface area contributed by atoms with Crippen molar-refractivity contribution in [2.45, 2.75) is 51.1 Å². The van der Waals surface area contributed by atoms with Crippen LogP contribution >= 0.6 is 0 Å². The Bertz CT molecular complexity index is 1410. The smallest absolute Gasteiger partial charge is 0.335 e. The topological polar surface area (TPSA) is 70.4 Å². The Hall–Kier alpha value is -3.64. The van der Waals surface area contributed by atoms with Gasteiger partial charge in [-0.05, 0) is 54.7 Å². The van der Waals surface area contributed by atoms with Crippen LogP contribution in [0.2, 0.25) is 0 Å². The monoisotopic (exact) mass is 494 g/mol. The van der Waals surface area contributed by atoms with Gasteiger partial charge in [-0.3, -0.25) is 4.98 Å². The van der Waals surface area contributed by atoms with Gasteiger partial charge < -0.3 is 19.9 Å². The molecule has 1 saturated carbocycles. The van der Waals surface area contributed by atoms with Gasteiger partial charge in [-0.1, -0.05) is 49.6 Å². The third-order valence-corrected chi connectivity index (χ3v) is 8.05. The third kappa shape index (κ3) is 4.62. The van der Waals surface area contributed by atoms with Crippen LogP contribution in [0.1, 0.15) is 59.6 Å². The summed E-state index contributed by atoms with van der Waals surface area (Å²) in [5, 5.41) is 14.5. The van der Waals surface area contributed by atoms with Crippen LogP contribution in [0.4, 0.5) is 5.69 Å². The van der Waals surface area contributed by atoms with E-state index in [1.807, 2.05) is 30.5 Å². The predicted octanol–water partition coefficient (Wildman–Crippen LogP) is 6.06. The number of carboxylic acid groups (broad SMARTS) is 1. The molecule has 6 rings (SSSR count). The van der Waals surface area contributed by atoms with Crippen LogP contribution < -0.4 is 10.2 Å². The van der Waals surface area contributed by atoms with E-state index in [0.717, 1.165) is 43.9 Å². The van der Waals surface area contributed by atoms with Crippen LogP contribution in [0.5, 0.6) is 0 Å². The van der Waals surface area contributed by atoms with E-state index in [9.17, 15) is 9.90 Å². The maximum Gasteiger partial charge on any atom is 0.335 e. The molecule has 0 spiro atoms. The second kappa shape index (κ2) is 10.4. The number of carbonyl (C=O) groups is 1. The molecule has 2 aromatic heterocycles. The fourth-order valence-corrected chi connectivity index (χ4v) is 6.29. The summed E-state index contributed by atoms with van der Waals surface area (Å²) in [7, 11) is 0. The number of aromatic nitrogens is 2. The van der Waals surface area contributed by atoms with Crippen molar-refractivity contribution in [1.82, 2.24) is 14.9 Å². The maximum atomic E-state index is 11.9. The van der Waals surface area contributed by atoms with Gasteiger partial charge in [-0.2, -0.15) is 0 Å². The number of pyridine rings is 1. The van der Waals surface area contributed by atoms with E-state index in [4.69, 9.17) is 0 Å². The van der Waals surface area contributed by atoms with E-state index in [0.29, 0.717) is 11.5 Å². The molecular formula is C31H34N4O2. The van der Waals surface area contributed by atoms with E-state index >= 15 is 0 Å². The highest BCUT2D eigenvalue weighted by Gasteiger charge is 2.30. The first kappa shape index (κ1) is 23.7. The molecule has 190 valence electrons. The summed E-state index contributed by atoms with van der Waals surface area (Å²) in [6, 6.07) is 20.5. The number of carboxylic acids is 1. The van der Waals surface area contributed by atoms with Crippen molar-refractivity contribution < 1.29 is 9.90 Å². The van der Waals surface area contributed by atoms with Crippen LogP contribution in [-0.4, -0.2) is 40.3 Å². The molecule has 4 aromatic rings. The first-order valence-electron chi connectivity index (χ1n) is 13.5. The molecule has 0 amide bonds. The van der Waals surface area contributed by atoms with Gasteiger partial charge in [0.05, 0.1) is 17.0 Å². The summed E-state index contributed by atoms with van der Waals surface area (Å²) in [5.74, 6) is -0.353. The molecule has 0 radical (unpaired) electrons. The Morgan fingerprint density at radius 2 is 1.84 bits per heavy atom. The lowest BCUT2D eigenvalue weighted by molar-refractivity contribution is 0.0697. The molecule has 1 aliphatic carbocycles. The van der Waals surface area contributed by atoms with Gasteiger partial charge in [0, 0.05) is 61.1 Å². The summed E-state index contributed by atoms with van der Waals surface area (Å²) in [5.41, 5.74) is 7.71. The molecule has 6 heteroatoms. The van der Waals surface area contributed by atoms with E-state index in [-0.39, 0.29) is 0 Å². The summed E-state index contributed by atoms with van der Waals surface area (Å²) in [6.07, 6.45) is 8.08. The molecule has 0 bridgehead atoms. The molecule has 2 aromatic carbocycles. The number of hydrogen-bond donors (Lipinski definition) is 2. The van der Waals surface area contributed by atoms with Crippen molar-refractivity contribution in [3.63, 3.8) is 0 Å². The van der Waals surface area contributed by atoms with Crippen LogP contribution in [0.15, 0.2) is 66.9 Å². The van der Waals surface area contributed by atoms with Gasteiger partial charge in [-0.15, -0.1) is 0 Å². The van der Waals surface area contributed by atoms with Crippen molar-refractivity contribution in [3.05, 3.63) is 83.7 Å². The molecule has 0 unspecified atom stereocenters. The quantitative estimate of drug-likeness (QED) is 0.306. The lowest BCUT2D eigenvalue weighted by Crippen LogP contribution is -2.33. The number of anilines is 1. The highest BCUT2D eigenvalue weighted by Crippen LogP contribution is 2.47. The number of benzene rings is 2. The highest BCUT2D eigenvalue weighted by molar-refractivity contribution is 5.99. The number of para-hydroxylation sites is 1. The Kier molecular flexibility index (Phi) is 6.66. The van der Waals surface area contributed by atoms with E-state index in [2.05, 4.69) is 50.1 Å². The molecule has 1 fully saturated rings. The fraction of sp³-hybridized carbons (Fsp3) is 0.355. The zero-order valence-corrected chi connectivity index (χ0v) is 21.2. The minimum absolute atomic E-state index is 0.358. The molecule has 37 heavy (non-hydrogen) atoms. The highest BCUT2D eigenvalue weighted by atomic mass is 16.4. The van der Waals surface area contributed by atoms with Crippen LogP contribution in [0, 0.1) is 0 Å². The largest absolute Gasteiger partial charge is 0.478 e. The van der Waals surface area contributed by atoms with Crippen molar-refractivity contribution in [2.24, 2.45) is 0 Å². The number of aromatic carboxylic acids is 1. The summed E-state index contributed by atoms with van der Waals surface area (Å²) in [4.78, 5) is 18.8. The Morgan fingerprint density at radius 3 is 2.65 bits per heavy atom. The van der Waals surface area contributed by atoms with Crippen LogP contribution in [0.25, 0.3) is 22.2 Å². The molecule has 1 aliphatic heterocycles. The summed E-state index contributed by atoms with van der Waals surface area (Å²) >= 11 is 0. The van der Waals surface area contributed by atoms with E-state index in [1.165, 1.54) is 60.0 Å². The zero-order valence-electron chi connectivity index (χ0n) is 21.2. The minimum Gasteiger partial charge on any atom is -0.478 e. The lowest BCUT2D eigenvalue weighted by atomic mass is 9.81. The zero-order chi connectivity index (χ0) is 25.2. The second-order valence-corrected chi connectivity index (χ2v) is 10.3. The van der Waals surface area contributed by atoms with Crippen LogP contribution in [-0.2, 0) is 13.1 Å². The van der Waals surface area contributed by atoms with E-state index < -0.39 is 5.97 Å². The third-order valence-electron chi connectivity index (χ3n) is 8.05. The van der Waals surface area contributed by atoms with Gasteiger partial charge in [-0.25, -0.2) is 4.79 Å². The van der Waals surface area contributed by atoms with Gasteiger partial charge in [0.1, 0.15) is 0 Å². The van der Waals surface area contributed by atoms with Crippen molar-refractivity contribution in [3.8, 4) is 11.3 Å². The number of fused-ring (bicyclic) bond motifs is 5. The molecule has 3 heterocycles. The van der Waals surface area contributed by atoms with Crippen molar-refractivity contribution >= 4 is 22.6 Å². The standard InChI is InChI=1S/C31H34N4O2/c36-31(37)23-13-14-25-28(20-23)35-19-18-34(17-16-32-21-24-10-6-7-15-33-24)27-12-5-4-11-26(27)30(35)29(25)22-8-2-1-3-9-22/h4-7,10-15,20,22,32H,1-3,8-9,16-19,21H2,(H,36,37). The minimum atomic E-state index is -0.869. The van der Waals surface area contributed by atoms with E-state index in [1.54, 1.807) is 6.07 Å². The first-order valence-corrected chi connectivity index (χ1v) is 13.5. The molecule has 0 atom stereocenters. The maximum absolute atomic E-state index is 11.9. The Labute approximate surface area is 217 Å². The van der Waals surface area contributed by atoms with Gasteiger partial charge in [0.25, 0.3) is 0 Å². The van der Waals surface area contributed by atoms with Crippen LogP contribution in [0.3, 0.4) is 0 Å². The molecule has 6 nitrogen and oxygen atoms in total. The average Bonchev–Trinajstić information content (AvgIpc) is 3.17. The number of nitrogens with one attached hydrogen (secondary N) is 1. The van der Waals surface area contributed by atoms with Gasteiger partial charge in [0.15, 0.2) is 0 Å². The predicted molar refractivity (Wildman–Crippen MR) is 148 cm³/mol. The van der Waals surface area contributed by atoms with Crippen molar-refractivity contribution in [2.75, 3.05) is 24.5 Å². The van der Waals surface area contributed by atoms with Crippen molar-refractivity contribution in [1.29, 1.82) is 0 Å². The summed E-state index contributed by atoms with van der Waals surface area (Å²) < 4.78 is 2.41. The first-order chi connectivity index (χ1) is 18.2. The fourth-order valence-electron chi connectivity index (χ4n) is 6.29. The Morgan fingerprint density at radius 1 is 1.00 bits per heavy atom. The lowest BCUT2D eigenvalue weighted by Gasteiger charge is -2.26. The molecule has 2 N–H and O–H groups in total. The summed E-state index contributed by atoms with van der Waals surface area (Å²) in [6.45, 7) is 4.22. The van der Waals surface area contributed by atoms with Gasteiger partial charge in [0.2, 0.25) is 0 Å². The number of nitrogens with zero attached hydrogens (tertiary/aromatic N) is 3. The molecule has 0 saturated heterocycles. The Balaban J connectivity index is 1.38. The normalized spacial score (nSPS) is 15.8. The average molecular weight is 495 g/mol. The second-order valence-electron chi connectivity index (χ2n) is 10.3.